The van der Waals surface area contributed by atoms with Crippen molar-refractivity contribution in [3.63, 3.8) is 0 Å². The first-order chi connectivity index (χ1) is 10.8. The van der Waals surface area contributed by atoms with Gasteiger partial charge in [-0.25, -0.2) is 9.97 Å². The third-order valence-electron chi connectivity index (χ3n) is 3.45. The maximum atomic E-state index is 12.5. The van der Waals surface area contributed by atoms with Crippen LogP contribution in [0.5, 0.6) is 5.75 Å². The summed E-state index contributed by atoms with van der Waals surface area (Å²) in [5.41, 5.74) is 0. The SMILES string of the molecule is C[C@@H]1CN(c2nc(C(F)(F)F)no2)CCN1c1ncc(O)cn1. The first kappa shape index (κ1) is 15.3. The van der Waals surface area contributed by atoms with E-state index in [9.17, 15) is 18.3 Å². The highest BCUT2D eigenvalue weighted by molar-refractivity contribution is 5.38. The summed E-state index contributed by atoms with van der Waals surface area (Å²) < 4.78 is 42.2. The summed E-state index contributed by atoms with van der Waals surface area (Å²) in [4.78, 5) is 14.9. The quantitative estimate of drug-likeness (QED) is 0.881. The molecule has 11 heteroatoms. The van der Waals surface area contributed by atoms with E-state index >= 15 is 0 Å². The number of hydrogen-bond donors (Lipinski definition) is 1. The molecule has 0 aromatic carbocycles. The molecule has 0 unspecified atom stereocenters. The maximum absolute atomic E-state index is 12.5. The molecule has 0 aliphatic carbocycles. The minimum Gasteiger partial charge on any atom is -0.505 e. The van der Waals surface area contributed by atoms with Crippen LogP contribution in [0.4, 0.5) is 25.1 Å². The van der Waals surface area contributed by atoms with Crippen molar-refractivity contribution in [3.05, 3.63) is 18.2 Å². The van der Waals surface area contributed by atoms with E-state index in [1.54, 1.807) is 4.90 Å². The highest BCUT2D eigenvalue weighted by Gasteiger charge is 2.38. The van der Waals surface area contributed by atoms with Crippen LogP contribution in [-0.4, -0.2) is 50.9 Å². The summed E-state index contributed by atoms with van der Waals surface area (Å²) >= 11 is 0. The molecule has 3 heterocycles. The molecule has 124 valence electrons. The zero-order valence-electron chi connectivity index (χ0n) is 12.0. The average molecular weight is 330 g/mol. The summed E-state index contributed by atoms with van der Waals surface area (Å²) in [7, 11) is 0. The zero-order valence-corrected chi connectivity index (χ0v) is 12.0. The van der Waals surface area contributed by atoms with Crippen molar-refractivity contribution in [1.29, 1.82) is 0 Å². The number of anilines is 2. The molecular weight excluding hydrogens is 317 g/mol. The van der Waals surface area contributed by atoms with Crippen LogP contribution >= 0.6 is 0 Å². The van der Waals surface area contributed by atoms with Gasteiger partial charge in [0.25, 0.3) is 5.82 Å². The highest BCUT2D eigenvalue weighted by atomic mass is 19.4. The van der Waals surface area contributed by atoms with Crippen LogP contribution in [0.3, 0.4) is 0 Å². The number of aromatic hydroxyl groups is 1. The number of aromatic nitrogens is 4. The minimum absolute atomic E-state index is 0.0365. The van der Waals surface area contributed by atoms with Gasteiger partial charge in [0.05, 0.1) is 12.4 Å². The van der Waals surface area contributed by atoms with Gasteiger partial charge in [0.15, 0.2) is 5.75 Å². The van der Waals surface area contributed by atoms with Gasteiger partial charge < -0.3 is 19.4 Å². The lowest BCUT2D eigenvalue weighted by Crippen LogP contribution is -2.52. The molecule has 1 atom stereocenters. The monoisotopic (exact) mass is 330 g/mol. The van der Waals surface area contributed by atoms with E-state index in [1.165, 1.54) is 12.4 Å². The Labute approximate surface area is 128 Å². The van der Waals surface area contributed by atoms with Gasteiger partial charge in [-0.05, 0) is 12.1 Å². The molecule has 23 heavy (non-hydrogen) atoms. The van der Waals surface area contributed by atoms with E-state index < -0.39 is 12.0 Å². The summed E-state index contributed by atoms with van der Waals surface area (Å²) in [6.45, 7) is 3.11. The molecule has 1 saturated heterocycles. The van der Waals surface area contributed by atoms with Gasteiger partial charge >= 0.3 is 12.2 Å². The van der Waals surface area contributed by atoms with Crippen LogP contribution in [0.1, 0.15) is 12.7 Å². The first-order valence-electron chi connectivity index (χ1n) is 6.78. The third kappa shape index (κ3) is 3.12. The number of piperazine rings is 1. The lowest BCUT2D eigenvalue weighted by molar-refractivity contribution is -0.146. The molecule has 1 aliphatic rings. The summed E-state index contributed by atoms with van der Waals surface area (Å²) in [6, 6.07) is -0.245. The Balaban J connectivity index is 1.71. The fourth-order valence-electron chi connectivity index (χ4n) is 2.35. The van der Waals surface area contributed by atoms with E-state index in [1.807, 2.05) is 11.8 Å². The van der Waals surface area contributed by atoms with Crippen molar-refractivity contribution in [2.75, 3.05) is 29.4 Å². The lowest BCUT2D eigenvalue weighted by Gasteiger charge is -2.38. The predicted molar refractivity (Wildman–Crippen MR) is 72.0 cm³/mol. The highest BCUT2D eigenvalue weighted by Crippen LogP contribution is 2.29. The van der Waals surface area contributed by atoms with Crippen molar-refractivity contribution in [2.45, 2.75) is 19.1 Å². The van der Waals surface area contributed by atoms with Crippen LogP contribution < -0.4 is 9.80 Å². The zero-order chi connectivity index (χ0) is 16.6. The Morgan fingerprint density at radius 2 is 1.96 bits per heavy atom. The Morgan fingerprint density at radius 3 is 2.52 bits per heavy atom. The molecule has 0 spiro atoms. The number of alkyl halides is 3. The molecule has 0 saturated carbocycles. The van der Waals surface area contributed by atoms with E-state index in [4.69, 9.17) is 4.52 Å². The smallest absolute Gasteiger partial charge is 0.455 e. The van der Waals surface area contributed by atoms with Crippen LogP contribution in [0.25, 0.3) is 0 Å². The molecule has 1 N–H and O–H groups in total. The lowest BCUT2D eigenvalue weighted by atomic mass is 10.2. The van der Waals surface area contributed by atoms with Crippen LogP contribution in [0.15, 0.2) is 16.9 Å². The number of hydrogen-bond acceptors (Lipinski definition) is 8. The van der Waals surface area contributed by atoms with Crippen LogP contribution in [0.2, 0.25) is 0 Å². The van der Waals surface area contributed by atoms with Crippen LogP contribution in [-0.2, 0) is 6.18 Å². The number of rotatable bonds is 2. The van der Waals surface area contributed by atoms with E-state index in [0.717, 1.165) is 0 Å². The molecule has 0 amide bonds. The molecule has 0 radical (unpaired) electrons. The van der Waals surface area contributed by atoms with Gasteiger partial charge in [-0.1, -0.05) is 0 Å². The standard InChI is InChI=1S/C12H13F3N6O2/c1-7-6-20(11-18-9(19-23-11)12(13,14)15)2-3-21(7)10-16-4-8(22)5-17-10/h4-5,7,22H,2-3,6H2,1H3/t7-/m1/s1. The van der Waals surface area contributed by atoms with E-state index in [-0.39, 0.29) is 17.8 Å². The van der Waals surface area contributed by atoms with E-state index in [0.29, 0.717) is 25.6 Å². The normalized spacial score (nSPS) is 19.2. The van der Waals surface area contributed by atoms with E-state index in [2.05, 4.69) is 20.1 Å². The number of halogens is 3. The fourth-order valence-corrected chi connectivity index (χ4v) is 2.35. The summed E-state index contributed by atoms with van der Waals surface area (Å²) in [5, 5.41) is 12.2. The molecule has 0 bridgehead atoms. The van der Waals surface area contributed by atoms with Crippen molar-refractivity contribution < 1.29 is 22.8 Å². The molecular formula is C12H13F3N6O2. The van der Waals surface area contributed by atoms with Crippen molar-refractivity contribution in [1.82, 2.24) is 20.1 Å². The second kappa shape index (κ2) is 5.56. The third-order valence-corrected chi connectivity index (χ3v) is 3.45. The maximum Gasteiger partial charge on any atom is 0.455 e. The Morgan fingerprint density at radius 1 is 1.26 bits per heavy atom. The molecule has 2 aromatic heterocycles. The second-order valence-electron chi connectivity index (χ2n) is 5.13. The second-order valence-corrected chi connectivity index (χ2v) is 5.13. The van der Waals surface area contributed by atoms with Gasteiger partial charge in [-0.3, -0.25) is 0 Å². The predicted octanol–water partition coefficient (Wildman–Crippen LogP) is 1.30. The Bertz CT molecular complexity index is 674. The topological polar surface area (TPSA) is 91.4 Å². The minimum atomic E-state index is -4.63. The van der Waals surface area contributed by atoms with Gasteiger partial charge in [-0.2, -0.15) is 18.2 Å². The van der Waals surface area contributed by atoms with Gasteiger partial charge in [0, 0.05) is 25.7 Å². The van der Waals surface area contributed by atoms with Gasteiger partial charge in [0.2, 0.25) is 5.95 Å². The van der Waals surface area contributed by atoms with Gasteiger partial charge in [-0.15, -0.1) is 0 Å². The molecule has 1 fully saturated rings. The number of nitrogens with zero attached hydrogens (tertiary/aromatic N) is 6. The summed E-state index contributed by atoms with van der Waals surface area (Å²) in [5.74, 6) is -0.883. The van der Waals surface area contributed by atoms with Crippen LogP contribution in [0, 0.1) is 0 Å². The average Bonchev–Trinajstić information content (AvgIpc) is 2.98. The van der Waals surface area contributed by atoms with Crippen molar-refractivity contribution >= 4 is 12.0 Å². The van der Waals surface area contributed by atoms with Crippen molar-refractivity contribution in [2.24, 2.45) is 0 Å². The Kier molecular flexibility index (Phi) is 3.70. The molecule has 3 rings (SSSR count). The largest absolute Gasteiger partial charge is 0.505 e. The van der Waals surface area contributed by atoms with Gasteiger partial charge in [0.1, 0.15) is 0 Å². The summed E-state index contributed by atoms with van der Waals surface area (Å²) in [6.07, 6.45) is -2.06. The molecule has 1 aliphatic heterocycles. The van der Waals surface area contributed by atoms with Crippen molar-refractivity contribution in [3.8, 4) is 5.75 Å². The Hall–Kier alpha value is -2.59. The molecule has 8 nitrogen and oxygen atoms in total. The fraction of sp³-hybridized carbons (Fsp3) is 0.500. The molecule has 2 aromatic rings. The first-order valence-corrected chi connectivity index (χ1v) is 6.78.